The van der Waals surface area contributed by atoms with Gasteiger partial charge in [-0.3, -0.25) is 0 Å². The zero-order valence-corrected chi connectivity index (χ0v) is 7.79. The number of phenolic OH excluding ortho intramolecular Hbond substituents is 1. The summed E-state index contributed by atoms with van der Waals surface area (Å²) in [4.78, 5) is 0. The molecule has 1 unspecified atom stereocenters. The molecular formula is C11H14O2. The van der Waals surface area contributed by atoms with E-state index in [0.29, 0.717) is 5.75 Å². The lowest BCUT2D eigenvalue weighted by Gasteiger charge is -2.07. The molecule has 0 spiro atoms. The third kappa shape index (κ3) is 1.68. The zero-order chi connectivity index (χ0) is 9.26. The van der Waals surface area contributed by atoms with Crippen LogP contribution in [0.15, 0.2) is 18.2 Å². The van der Waals surface area contributed by atoms with E-state index in [4.69, 9.17) is 4.74 Å². The maximum atomic E-state index is 9.64. The summed E-state index contributed by atoms with van der Waals surface area (Å²) in [6, 6.07) is 5.67. The Labute approximate surface area is 78.2 Å². The molecular weight excluding hydrogens is 164 g/mol. The van der Waals surface area contributed by atoms with Crippen LogP contribution in [0.2, 0.25) is 0 Å². The highest BCUT2D eigenvalue weighted by Gasteiger charge is 2.27. The van der Waals surface area contributed by atoms with E-state index in [-0.39, 0.29) is 6.10 Å². The molecule has 1 aromatic rings. The quantitative estimate of drug-likeness (QED) is 0.721. The summed E-state index contributed by atoms with van der Waals surface area (Å²) < 4.78 is 5.23. The van der Waals surface area contributed by atoms with Crippen molar-refractivity contribution in [2.75, 3.05) is 6.61 Å². The summed E-state index contributed by atoms with van der Waals surface area (Å²) in [6.45, 7) is 2.92. The highest BCUT2D eigenvalue weighted by atomic mass is 16.6. The molecule has 1 aromatic carbocycles. The molecule has 0 amide bonds. The number of hydrogen-bond acceptors (Lipinski definition) is 2. The van der Waals surface area contributed by atoms with Gasteiger partial charge in [-0.2, -0.15) is 0 Å². The first kappa shape index (κ1) is 8.57. The van der Waals surface area contributed by atoms with Crippen molar-refractivity contribution in [3.63, 3.8) is 0 Å². The van der Waals surface area contributed by atoms with Crippen molar-refractivity contribution >= 4 is 0 Å². The van der Waals surface area contributed by atoms with Crippen molar-refractivity contribution in [2.45, 2.75) is 25.9 Å². The molecule has 2 heteroatoms. The van der Waals surface area contributed by atoms with Crippen molar-refractivity contribution in [1.82, 2.24) is 0 Å². The highest BCUT2D eigenvalue weighted by molar-refractivity contribution is 5.41. The average Bonchev–Trinajstić information content (AvgIpc) is 2.92. The van der Waals surface area contributed by atoms with E-state index in [2.05, 4.69) is 6.92 Å². The van der Waals surface area contributed by atoms with Gasteiger partial charge in [0.05, 0.1) is 6.61 Å². The highest BCUT2D eigenvalue weighted by Crippen LogP contribution is 2.36. The summed E-state index contributed by atoms with van der Waals surface area (Å²) >= 11 is 0. The topological polar surface area (TPSA) is 32.8 Å². The molecule has 0 radical (unpaired) electrons. The third-order valence-electron chi connectivity index (χ3n) is 2.37. The maximum Gasteiger partial charge on any atom is 0.119 e. The van der Waals surface area contributed by atoms with Gasteiger partial charge >= 0.3 is 0 Å². The molecule has 2 nitrogen and oxygen atoms in total. The second-order valence-corrected chi connectivity index (χ2v) is 3.42. The monoisotopic (exact) mass is 178 g/mol. The molecule has 1 aliphatic heterocycles. The normalized spacial score (nSPS) is 20.2. The Morgan fingerprint density at radius 2 is 2.31 bits per heavy atom. The van der Waals surface area contributed by atoms with Gasteiger partial charge in [0, 0.05) is 0 Å². The van der Waals surface area contributed by atoms with E-state index in [0.717, 1.165) is 25.0 Å². The lowest BCUT2D eigenvalue weighted by molar-refractivity contribution is 0.411. The predicted molar refractivity (Wildman–Crippen MR) is 50.8 cm³/mol. The molecule has 0 bridgehead atoms. The van der Waals surface area contributed by atoms with E-state index in [9.17, 15) is 5.11 Å². The first-order valence-corrected chi connectivity index (χ1v) is 4.75. The van der Waals surface area contributed by atoms with Gasteiger partial charge in [-0.1, -0.05) is 25.5 Å². The Balaban J connectivity index is 2.35. The minimum atomic E-state index is 0.244. The number of epoxide rings is 1. The fourth-order valence-corrected chi connectivity index (χ4v) is 1.64. The Bertz CT molecular complexity index is 303. The van der Waals surface area contributed by atoms with Gasteiger partial charge in [-0.25, -0.2) is 0 Å². The number of benzene rings is 1. The molecule has 0 aromatic heterocycles. The number of hydrogen-bond donors (Lipinski definition) is 1. The lowest BCUT2D eigenvalue weighted by Crippen LogP contribution is -1.92. The molecule has 1 aliphatic rings. The zero-order valence-electron chi connectivity index (χ0n) is 7.79. The van der Waals surface area contributed by atoms with Crippen LogP contribution < -0.4 is 0 Å². The molecule has 0 saturated carbocycles. The van der Waals surface area contributed by atoms with E-state index < -0.39 is 0 Å². The summed E-state index contributed by atoms with van der Waals surface area (Å²) in [6.07, 6.45) is 2.23. The summed E-state index contributed by atoms with van der Waals surface area (Å²) in [5, 5.41) is 9.64. The first-order valence-electron chi connectivity index (χ1n) is 4.75. The van der Waals surface area contributed by atoms with Crippen molar-refractivity contribution in [3.05, 3.63) is 29.3 Å². The van der Waals surface area contributed by atoms with Gasteiger partial charge in [-0.05, 0) is 23.6 Å². The Hall–Kier alpha value is -1.02. The van der Waals surface area contributed by atoms with E-state index >= 15 is 0 Å². The number of rotatable bonds is 3. The van der Waals surface area contributed by atoms with Gasteiger partial charge in [0.15, 0.2) is 0 Å². The van der Waals surface area contributed by atoms with E-state index in [1.165, 1.54) is 5.56 Å². The minimum Gasteiger partial charge on any atom is -0.508 e. The number of phenols is 1. The van der Waals surface area contributed by atoms with Crippen LogP contribution in [0.5, 0.6) is 5.75 Å². The van der Waals surface area contributed by atoms with Crippen molar-refractivity contribution < 1.29 is 9.84 Å². The summed E-state index contributed by atoms with van der Waals surface area (Å²) in [5.74, 6) is 0.412. The van der Waals surface area contributed by atoms with Crippen LogP contribution in [0, 0.1) is 0 Å². The second kappa shape index (κ2) is 3.38. The van der Waals surface area contributed by atoms with E-state index in [1.807, 2.05) is 12.1 Å². The number of aromatic hydroxyl groups is 1. The van der Waals surface area contributed by atoms with Crippen LogP contribution in [0.3, 0.4) is 0 Å². The van der Waals surface area contributed by atoms with Crippen LogP contribution in [0.25, 0.3) is 0 Å². The van der Waals surface area contributed by atoms with Gasteiger partial charge in [0.1, 0.15) is 11.9 Å². The van der Waals surface area contributed by atoms with Gasteiger partial charge < -0.3 is 9.84 Å². The SMILES string of the molecule is CCCc1c(O)cccc1C1CO1. The summed E-state index contributed by atoms with van der Waals surface area (Å²) in [7, 11) is 0. The Morgan fingerprint density at radius 1 is 1.54 bits per heavy atom. The van der Waals surface area contributed by atoms with Gasteiger partial charge in [-0.15, -0.1) is 0 Å². The Kier molecular flexibility index (Phi) is 2.23. The Morgan fingerprint density at radius 3 is 2.92 bits per heavy atom. The molecule has 13 heavy (non-hydrogen) atoms. The van der Waals surface area contributed by atoms with Crippen molar-refractivity contribution in [1.29, 1.82) is 0 Å². The molecule has 1 heterocycles. The predicted octanol–water partition coefficient (Wildman–Crippen LogP) is 2.42. The fourth-order valence-electron chi connectivity index (χ4n) is 1.64. The maximum absolute atomic E-state index is 9.64. The lowest BCUT2D eigenvalue weighted by atomic mass is 10.00. The average molecular weight is 178 g/mol. The standard InChI is InChI=1S/C11H14O2/c1-2-4-8-9(11-7-13-11)5-3-6-10(8)12/h3,5-6,11-12H,2,4,7H2,1H3. The molecule has 70 valence electrons. The molecule has 1 fully saturated rings. The summed E-state index contributed by atoms with van der Waals surface area (Å²) in [5.41, 5.74) is 2.23. The fraction of sp³-hybridized carbons (Fsp3) is 0.455. The van der Waals surface area contributed by atoms with E-state index in [1.54, 1.807) is 6.07 Å². The largest absolute Gasteiger partial charge is 0.508 e. The molecule has 2 rings (SSSR count). The molecule has 0 aliphatic carbocycles. The number of ether oxygens (including phenoxy) is 1. The van der Waals surface area contributed by atoms with Crippen LogP contribution in [-0.4, -0.2) is 11.7 Å². The van der Waals surface area contributed by atoms with Crippen LogP contribution in [0.1, 0.15) is 30.6 Å². The third-order valence-corrected chi connectivity index (χ3v) is 2.37. The molecule has 1 saturated heterocycles. The molecule has 1 atom stereocenters. The van der Waals surface area contributed by atoms with Crippen molar-refractivity contribution in [2.24, 2.45) is 0 Å². The smallest absolute Gasteiger partial charge is 0.119 e. The first-order chi connectivity index (χ1) is 6.33. The molecule has 1 N–H and O–H groups in total. The van der Waals surface area contributed by atoms with Crippen molar-refractivity contribution in [3.8, 4) is 5.75 Å². The van der Waals surface area contributed by atoms with Gasteiger partial charge in [0.2, 0.25) is 0 Å². The van der Waals surface area contributed by atoms with Crippen LogP contribution in [0.4, 0.5) is 0 Å². The van der Waals surface area contributed by atoms with Gasteiger partial charge in [0.25, 0.3) is 0 Å². The second-order valence-electron chi connectivity index (χ2n) is 3.42. The van der Waals surface area contributed by atoms with Crippen LogP contribution >= 0.6 is 0 Å². The minimum absolute atomic E-state index is 0.244. The van der Waals surface area contributed by atoms with Crippen LogP contribution in [-0.2, 0) is 11.2 Å².